The molecule has 2 aromatic heterocycles. The highest BCUT2D eigenvalue weighted by Gasteiger charge is 2.11. The second kappa shape index (κ2) is 10.2. The molecular formula is C30H24BrN3O2. The summed E-state index contributed by atoms with van der Waals surface area (Å²) in [5.74, 6) is 0.975. The average molecular weight is 538 g/mol. The zero-order chi connectivity index (χ0) is 25.1. The molecule has 36 heavy (non-hydrogen) atoms. The second-order valence-electron chi connectivity index (χ2n) is 8.49. The van der Waals surface area contributed by atoms with Crippen LogP contribution >= 0.6 is 15.9 Å². The van der Waals surface area contributed by atoms with Crippen molar-refractivity contribution in [3.63, 3.8) is 0 Å². The minimum atomic E-state index is -0.293. The highest BCUT2D eigenvalue weighted by Crippen LogP contribution is 2.30. The molecule has 5 aromatic rings. The molecule has 5 nitrogen and oxygen atoms in total. The zero-order valence-electron chi connectivity index (χ0n) is 19.9. The molecule has 0 bridgehead atoms. The molecule has 3 aromatic carbocycles. The van der Waals surface area contributed by atoms with Gasteiger partial charge in [-0.3, -0.25) is 4.79 Å². The quantitative estimate of drug-likeness (QED) is 0.179. The third kappa shape index (κ3) is 4.95. The summed E-state index contributed by atoms with van der Waals surface area (Å²) in [6.07, 6.45) is 1.49. The van der Waals surface area contributed by atoms with E-state index in [1.165, 1.54) is 6.21 Å². The lowest BCUT2D eigenvalue weighted by atomic mass is 10.1. The molecule has 0 radical (unpaired) electrons. The normalized spacial score (nSPS) is 11.2. The van der Waals surface area contributed by atoms with Crippen LogP contribution in [0, 0.1) is 13.8 Å². The maximum absolute atomic E-state index is 12.6. The summed E-state index contributed by atoms with van der Waals surface area (Å²) in [6.45, 7) is 4.11. The molecule has 5 rings (SSSR count). The van der Waals surface area contributed by atoms with E-state index < -0.39 is 0 Å². The van der Waals surface area contributed by atoms with Gasteiger partial charge >= 0.3 is 0 Å². The SMILES string of the molecule is Cc1ccc(-c2ccc(/C=N\NC(=O)c3ccc(-n4c(C)ccc4-c4ccccc4)cc3)o2)c(Br)c1. The summed E-state index contributed by atoms with van der Waals surface area (Å²) in [7, 11) is 0. The zero-order valence-corrected chi connectivity index (χ0v) is 21.5. The number of hydrogen-bond donors (Lipinski definition) is 1. The average Bonchev–Trinajstić information content (AvgIpc) is 3.51. The monoisotopic (exact) mass is 537 g/mol. The van der Waals surface area contributed by atoms with Crippen LogP contribution in [0.2, 0.25) is 0 Å². The van der Waals surface area contributed by atoms with Gasteiger partial charge in [0.15, 0.2) is 0 Å². The van der Waals surface area contributed by atoms with Gasteiger partial charge in [0.05, 0.1) is 11.9 Å². The first-order valence-corrected chi connectivity index (χ1v) is 12.3. The molecule has 0 saturated carbocycles. The van der Waals surface area contributed by atoms with Gasteiger partial charge in [0, 0.05) is 27.0 Å². The number of nitrogens with one attached hydrogen (secondary N) is 1. The van der Waals surface area contributed by atoms with Gasteiger partial charge in [-0.1, -0.05) is 52.3 Å². The molecule has 0 saturated heterocycles. The van der Waals surface area contributed by atoms with Crippen LogP contribution in [0.4, 0.5) is 0 Å². The Balaban J connectivity index is 1.27. The molecule has 1 amide bonds. The summed E-state index contributed by atoms with van der Waals surface area (Å²) in [5.41, 5.74) is 9.55. The smallest absolute Gasteiger partial charge is 0.271 e. The van der Waals surface area contributed by atoms with E-state index in [1.54, 1.807) is 12.1 Å². The van der Waals surface area contributed by atoms with Crippen LogP contribution in [0.5, 0.6) is 0 Å². The van der Waals surface area contributed by atoms with Crippen molar-refractivity contribution in [3.05, 3.63) is 124 Å². The third-order valence-corrected chi connectivity index (χ3v) is 6.56. The fraction of sp³-hybridized carbons (Fsp3) is 0.0667. The molecule has 0 unspecified atom stereocenters. The van der Waals surface area contributed by atoms with Gasteiger partial charge in [-0.2, -0.15) is 5.10 Å². The lowest BCUT2D eigenvalue weighted by Gasteiger charge is -2.12. The minimum absolute atomic E-state index is 0.293. The third-order valence-electron chi connectivity index (χ3n) is 5.91. The van der Waals surface area contributed by atoms with Crippen LogP contribution in [0.1, 0.15) is 27.4 Å². The van der Waals surface area contributed by atoms with E-state index in [2.05, 4.69) is 62.2 Å². The summed E-state index contributed by atoms with van der Waals surface area (Å²) < 4.78 is 9.00. The number of benzene rings is 3. The van der Waals surface area contributed by atoms with Crippen LogP contribution in [-0.4, -0.2) is 16.7 Å². The van der Waals surface area contributed by atoms with E-state index in [9.17, 15) is 4.79 Å². The van der Waals surface area contributed by atoms with E-state index in [0.717, 1.165) is 44.0 Å². The van der Waals surface area contributed by atoms with Gasteiger partial charge in [0.1, 0.15) is 11.5 Å². The molecule has 0 aliphatic rings. The summed E-state index contributed by atoms with van der Waals surface area (Å²) >= 11 is 3.58. The van der Waals surface area contributed by atoms with Crippen molar-refractivity contribution < 1.29 is 9.21 Å². The van der Waals surface area contributed by atoms with Crippen LogP contribution in [0.25, 0.3) is 28.3 Å². The molecule has 0 aliphatic carbocycles. The van der Waals surface area contributed by atoms with Gasteiger partial charge in [-0.05, 0) is 85.6 Å². The number of hydrogen-bond acceptors (Lipinski definition) is 3. The largest absolute Gasteiger partial charge is 0.455 e. The van der Waals surface area contributed by atoms with Gasteiger partial charge in [0.25, 0.3) is 5.91 Å². The molecule has 1 N–H and O–H groups in total. The molecule has 0 atom stereocenters. The predicted octanol–water partition coefficient (Wildman–Crippen LogP) is 7.55. The summed E-state index contributed by atoms with van der Waals surface area (Å²) in [6, 6.07) is 31.7. The van der Waals surface area contributed by atoms with Crippen molar-refractivity contribution in [2.45, 2.75) is 13.8 Å². The van der Waals surface area contributed by atoms with Gasteiger partial charge in [0.2, 0.25) is 0 Å². The van der Waals surface area contributed by atoms with Crippen molar-refractivity contribution in [3.8, 4) is 28.3 Å². The fourth-order valence-electron chi connectivity index (χ4n) is 4.08. The standard InChI is InChI=1S/C30H24BrN3O2/c1-20-8-15-26(27(31)18-20)29-17-14-25(36-29)19-32-33-30(35)23-10-12-24(13-11-23)34-21(2)9-16-28(34)22-6-4-3-5-7-22/h3-19H,1-2H3,(H,33,35)/b32-19-. The van der Waals surface area contributed by atoms with Crippen LogP contribution in [0.3, 0.4) is 0 Å². The number of aromatic nitrogens is 1. The first-order chi connectivity index (χ1) is 17.5. The molecular weight excluding hydrogens is 514 g/mol. The maximum Gasteiger partial charge on any atom is 0.271 e. The van der Waals surface area contributed by atoms with Gasteiger partial charge in [-0.15, -0.1) is 0 Å². The number of aryl methyl sites for hydroxylation is 2. The van der Waals surface area contributed by atoms with Crippen molar-refractivity contribution in [2.24, 2.45) is 5.10 Å². The Morgan fingerprint density at radius 3 is 2.44 bits per heavy atom. The van der Waals surface area contributed by atoms with E-state index >= 15 is 0 Å². The van der Waals surface area contributed by atoms with Crippen molar-refractivity contribution >= 4 is 28.1 Å². The second-order valence-corrected chi connectivity index (χ2v) is 9.35. The highest BCUT2D eigenvalue weighted by atomic mass is 79.9. The van der Waals surface area contributed by atoms with Gasteiger partial charge < -0.3 is 8.98 Å². The topological polar surface area (TPSA) is 59.5 Å². The number of carbonyl (C=O) groups is 1. The van der Waals surface area contributed by atoms with Crippen LogP contribution in [0.15, 0.2) is 111 Å². The first kappa shape index (κ1) is 23.6. The Morgan fingerprint density at radius 1 is 0.917 bits per heavy atom. The van der Waals surface area contributed by atoms with E-state index in [4.69, 9.17) is 4.42 Å². The van der Waals surface area contributed by atoms with Crippen molar-refractivity contribution in [1.82, 2.24) is 9.99 Å². The van der Waals surface area contributed by atoms with Crippen molar-refractivity contribution in [1.29, 1.82) is 0 Å². The van der Waals surface area contributed by atoms with Gasteiger partial charge in [-0.25, -0.2) is 5.43 Å². The number of furan rings is 1. The molecule has 178 valence electrons. The number of halogens is 1. The molecule has 0 fully saturated rings. The van der Waals surface area contributed by atoms with E-state index in [-0.39, 0.29) is 5.91 Å². The fourth-order valence-corrected chi connectivity index (χ4v) is 4.77. The number of amides is 1. The lowest BCUT2D eigenvalue weighted by Crippen LogP contribution is -2.17. The number of hydrazone groups is 1. The summed E-state index contributed by atoms with van der Waals surface area (Å²) in [4.78, 5) is 12.6. The number of carbonyl (C=O) groups excluding carboxylic acids is 1. The molecule has 2 heterocycles. The Labute approximate surface area is 218 Å². The van der Waals surface area contributed by atoms with E-state index in [0.29, 0.717) is 11.3 Å². The number of nitrogens with zero attached hydrogens (tertiary/aromatic N) is 2. The molecule has 6 heteroatoms. The highest BCUT2D eigenvalue weighted by molar-refractivity contribution is 9.10. The first-order valence-electron chi connectivity index (χ1n) is 11.5. The summed E-state index contributed by atoms with van der Waals surface area (Å²) in [5, 5.41) is 4.07. The Hall–Kier alpha value is -4.16. The Morgan fingerprint density at radius 2 is 1.69 bits per heavy atom. The Kier molecular flexibility index (Phi) is 6.69. The number of rotatable bonds is 6. The predicted molar refractivity (Wildman–Crippen MR) is 148 cm³/mol. The maximum atomic E-state index is 12.6. The Bertz CT molecular complexity index is 1550. The minimum Gasteiger partial charge on any atom is -0.455 e. The lowest BCUT2D eigenvalue weighted by molar-refractivity contribution is 0.0955. The van der Waals surface area contributed by atoms with Crippen LogP contribution < -0.4 is 5.43 Å². The molecule has 0 spiro atoms. The van der Waals surface area contributed by atoms with Crippen LogP contribution in [-0.2, 0) is 0 Å². The van der Waals surface area contributed by atoms with E-state index in [1.807, 2.05) is 67.6 Å². The molecule has 0 aliphatic heterocycles. The van der Waals surface area contributed by atoms with Crippen molar-refractivity contribution in [2.75, 3.05) is 0 Å².